The first-order chi connectivity index (χ1) is 12.7. The lowest BCUT2D eigenvalue weighted by Gasteiger charge is -2.21. The van der Waals surface area contributed by atoms with Crippen LogP contribution in [0.25, 0.3) is 11.4 Å². The third-order valence-corrected chi connectivity index (χ3v) is 5.29. The highest BCUT2D eigenvalue weighted by atomic mass is 16.5. The van der Waals surface area contributed by atoms with E-state index in [1.165, 1.54) is 12.8 Å². The van der Waals surface area contributed by atoms with Crippen molar-refractivity contribution in [1.82, 2.24) is 20.4 Å². The lowest BCUT2D eigenvalue weighted by Crippen LogP contribution is -2.36. The maximum atomic E-state index is 12.2. The normalized spacial score (nSPS) is 21.3. The van der Waals surface area contributed by atoms with Gasteiger partial charge in [-0.15, -0.1) is 0 Å². The van der Waals surface area contributed by atoms with Crippen LogP contribution in [0.3, 0.4) is 0 Å². The molecule has 7 nitrogen and oxygen atoms in total. The average Bonchev–Trinajstić information content (AvgIpc) is 3.39. The summed E-state index contributed by atoms with van der Waals surface area (Å²) in [7, 11) is 0. The Bertz CT molecular complexity index is 740. The van der Waals surface area contributed by atoms with Crippen molar-refractivity contribution >= 4 is 5.91 Å². The highest BCUT2D eigenvalue weighted by Gasteiger charge is 2.42. The number of carbonyl (C=O) groups excluding carboxylic acids is 1. The first-order valence-electron chi connectivity index (χ1n) is 9.39. The van der Waals surface area contributed by atoms with Gasteiger partial charge in [0.15, 0.2) is 0 Å². The van der Waals surface area contributed by atoms with Crippen molar-refractivity contribution in [2.75, 3.05) is 6.61 Å². The fourth-order valence-corrected chi connectivity index (χ4v) is 3.98. The van der Waals surface area contributed by atoms with Crippen molar-refractivity contribution in [3.8, 4) is 11.4 Å². The molecule has 1 aliphatic carbocycles. The summed E-state index contributed by atoms with van der Waals surface area (Å²) < 4.78 is 11.2. The number of ether oxygens (including phenoxy) is 1. The van der Waals surface area contributed by atoms with E-state index in [4.69, 9.17) is 9.26 Å². The molecule has 0 aromatic carbocycles. The molecule has 2 aromatic rings. The molecule has 2 fully saturated rings. The van der Waals surface area contributed by atoms with Crippen LogP contribution in [0.5, 0.6) is 0 Å². The van der Waals surface area contributed by atoms with Gasteiger partial charge >= 0.3 is 0 Å². The number of amides is 1. The van der Waals surface area contributed by atoms with E-state index in [-0.39, 0.29) is 17.6 Å². The van der Waals surface area contributed by atoms with Crippen molar-refractivity contribution in [2.24, 2.45) is 0 Å². The molecular formula is C19H24N4O3. The number of rotatable bonds is 6. The molecule has 1 atom stereocenters. The Kier molecular flexibility index (Phi) is 4.97. The van der Waals surface area contributed by atoms with Crippen molar-refractivity contribution in [1.29, 1.82) is 0 Å². The van der Waals surface area contributed by atoms with Crippen LogP contribution >= 0.6 is 0 Å². The number of nitrogens with zero attached hydrogens (tertiary/aromatic N) is 3. The molecule has 138 valence electrons. The lowest BCUT2D eigenvalue weighted by molar-refractivity contribution is -0.121. The van der Waals surface area contributed by atoms with Crippen LogP contribution in [-0.4, -0.2) is 39.3 Å². The summed E-state index contributed by atoms with van der Waals surface area (Å²) in [5.74, 6) is 1.18. The number of nitrogens with one attached hydrogen (secondary N) is 1. The number of carbonyl (C=O) groups is 1. The Labute approximate surface area is 152 Å². The first-order valence-corrected chi connectivity index (χ1v) is 9.39. The zero-order valence-corrected chi connectivity index (χ0v) is 14.8. The highest BCUT2D eigenvalue weighted by molar-refractivity contribution is 5.76. The van der Waals surface area contributed by atoms with Crippen LogP contribution in [0.4, 0.5) is 0 Å². The molecular weight excluding hydrogens is 332 g/mol. The second-order valence-electron chi connectivity index (χ2n) is 7.27. The van der Waals surface area contributed by atoms with Crippen LogP contribution in [0.15, 0.2) is 29.0 Å². The van der Waals surface area contributed by atoms with Gasteiger partial charge in [0.25, 0.3) is 0 Å². The van der Waals surface area contributed by atoms with E-state index in [1.807, 2.05) is 12.1 Å². The number of pyridine rings is 1. The fourth-order valence-electron chi connectivity index (χ4n) is 3.98. The van der Waals surface area contributed by atoms with Crippen molar-refractivity contribution in [3.05, 3.63) is 30.4 Å². The maximum Gasteiger partial charge on any atom is 0.226 e. The van der Waals surface area contributed by atoms with Gasteiger partial charge in [-0.1, -0.05) is 18.0 Å². The predicted molar refractivity (Wildman–Crippen MR) is 94.2 cm³/mol. The van der Waals surface area contributed by atoms with Crippen molar-refractivity contribution in [2.45, 2.75) is 63.0 Å². The van der Waals surface area contributed by atoms with Gasteiger partial charge in [0.05, 0.1) is 18.2 Å². The molecule has 1 aliphatic heterocycles. The molecule has 4 rings (SSSR count). The van der Waals surface area contributed by atoms with E-state index < -0.39 is 0 Å². The second-order valence-corrected chi connectivity index (χ2v) is 7.27. The molecule has 1 unspecified atom stereocenters. The average molecular weight is 356 g/mol. The minimum atomic E-state index is 0.0467. The summed E-state index contributed by atoms with van der Waals surface area (Å²) in [5, 5.41) is 7.09. The summed E-state index contributed by atoms with van der Waals surface area (Å²) in [6.07, 6.45) is 10.8. The Balaban J connectivity index is 1.20. The topological polar surface area (TPSA) is 90.1 Å². The minimum absolute atomic E-state index is 0.0467. The molecule has 1 saturated carbocycles. The molecule has 0 radical (unpaired) electrons. The number of aromatic nitrogens is 3. The van der Waals surface area contributed by atoms with Crippen molar-refractivity contribution < 1.29 is 14.1 Å². The van der Waals surface area contributed by atoms with Crippen LogP contribution < -0.4 is 5.32 Å². The van der Waals surface area contributed by atoms with Gasteiger partial charge in [-0.05, 0) is 37.8 Å². The van der Waals surface area contributed by atoms with Gasteiger partial charge in [0, 0.05) is 30.8 Å². The van der Waals surface area contributed by atoms with E-state index >= 15 is 0 Å². The Morgan fingerprint density at radius 1 is 1.27 bits per heavy atom. The van der Waals surface area contributed by atoms with Gasteiger partial charge < -0.3 is 14.6 Å². The van der Waals surface area contributed by atoms with Gasteiger partial charge in [0.2, 0.25) is 17.6 Å². The van der Waals surface area contributed by atoms with Crippen LogP contribution in [0.1, 0.15) is 50.8 Å². The summed E-state index contributed by atoms with van der Waals surface area (Å²) in [6.45, 7) is 0.644. The third-order valence-electron chi connectivity index (χ3n) is 5.29. The molecule has 2 aromatic heterocycles. The lowest BCUT2D eigenvalue weighted by atomic mass is 9.96. The molecule has 0 bridgehead atoms. The highest BCUT2D eigenvalue weighted by Crippen LogP contribution is 2.40. The number of hydrogen-bond donors (Lipinski definition) is 1. The van der Waals surface area contributed by atoms with E-state index in [0.717, 1.165) is 24.8 Å². The van der Waals surface area contributed by atoms with Gasteiger partial charge in [-0.25, -0.2) is 0 Å². The van der Waals surface area contributed by atoms with Gasteiger partial charge in [-0.3, -0.25) is 9.78 Å². The van der Waals surface area contributed by atoms with Crippen LogP contribution in [0.2, 0.25) is 0 Å². The molecule has 26 heavy (non-hydrogen) atoms. The molecule has 1 amide bonds. The first kappa shape index (κ1) is 17.1. The summed E-state index contributed by atoms with van der Waals surface area (Å²) in [4.78, 5) is 20.5. The number of aryl methyl sites for hydroxylation is 1. The smallest absolute Gasteiger partial charge is 0.226 e. The number of hydrogen-bond acceptors (Lipinski definition) is 6. The second kappa shape index (κ2) is 7.53. The minimum Gasteiger partial charge on any atom is -0.373 e. The van der Waals surface area contributed by atoms with E-state index in [9.17, 15) is 4.79 Å². The van der Waals surface area contributed by atoms with E-state index in [0.29, 0.717) is 37.6 Å². The standard InChI is InChI=1S/C19H24N4O3/c24-16(21-15-12-19(25-13-15)8-1-2-9-19)4-3-5-17-22-18(23-26-17)14-6-10-20-11-7-14/h6-7,10-11,15H,1-5,8-9,12-13H2,(H,21,24). The van der Waals surface area contributed by atoms with Gasteiger partial charge in [-0.2, -0.15) is 4.98 Å². The van der Waals surface area contributed by atoms with Crippen LogP contribution in [0, 0.1) is 0 Å². The summed E-state index contributed by atoms with van der Waals surface area (Å²) in [5.41, 5.74) is 0.917. The quantitative estimate of drug-likeness (QED) is 0.856. The van der Waals surface area contributed by atoms with Crippen LogP contribution in [-0.2, 0) is 16.0 Å². The zero-order chi connectivity index (χ0) is 17.8. The molecule has 2 aliphatic rings. The van der Waals surface area contributed by atoms with Gasteiger partial charge in [0.1, 0.15) is 0 Å². The SMILES string of the molecule is O=C(CCCc1nc(-c2ccncc2)no1)NC1COC2(CCCC2)C1. The summed E-state index contributed by atoms with van der Waals surface area (Å²) >= 11 is 0. The monoisotopic (exact) mass is 356 g/mol. The molecule has 3 heterocycles. The maximum absolute atomic E-state index is 12.2. The predicted octanol–water partition coefficient (Wildman–Crippen LogP) is 2.67. The molecule has 1 spiro atoms. The molecule has 1 saturated heterocycles. The molecule has 7 heteroatoms. The van der Waals surface area contributed by atoms with Crippen molar-refractivity contribution in [3.63, 3.8) is 0 Å². The Morgan fingerprint density at radius 3 is 2.88 bits per heavy atom. The zero-order valence-electron chi connectivity index (χ0n) is 14.8. The van der Waals surface area contributed by atoms with E-state index in [2.05, 4.69) is 20.4 Å². The van der Waals surface area contributed by atoms with E-state index in [1.54, 1.807) is 12.4 Å². The Hall–Kier alpha value is -2.28. The third kappa shape index (κ3) is 3.93. The Morgan fingerprint density at radius 2 is 2.08 bits per heavy atom. The largest absolute Gasteiger partial charge is 0.373 e. The molecule has 1 N–H and O–H groups in total. The summed E-state index contributed by atoms with van der Waals surface area (Å²) in [6, 6.07) is 3.83. The fraction of sp³-hybridized carbons (Fsp3) is 0.579.